The van der Waals surface area contributed by atoms with E-state index in [0.717, 1.165) is 40.8 Å². The maximum atomic E-state index is 10.4. The van der Waals surface area contributed by atoms with E-state index in [1.807, 2.05) is 25.3 Å². The van der Waals surface area contributed by atoms with Crippen LogP contribution in [0.4, 0.5) is 11.4 Å². The second-order valence-corrected chi connectivity index (χ2v) is 11.2. The highest BCUT2D eigenvalue weighted by Gasteiger charge is 2.35. The Hall–Kier alpha value is -3.32. The Morgan fingerprint density at radius 3 is 2.03 bits per heavy atom. The van der Waals surface area contributed by atoms with E-state index >= 15 is 0 Å². The maximum Gasteiger partial charge on any atom is 0.171 e. The van der Waals surface area contributed by atoms with E-state index in [1.165, 1.54) is 27.9 Å². The molecule has 2 aliphatic heterocycles. The molecule has 0 fully saturated rings. The number of halogens is 1. The van der Waals surface area contributed by atoms with E-state index in [4.69, 9.17) is 9.73 Å². The van der Waals surface area contributed by atoms with Crippen molar-refractivity contribution < 1.29 is 9.84 Å². The van der Waals surface area contributed by atoms with Gasteiger partial charge in [0.25, 0.3) is 0 Å². The zero-order chi connectivity index (χ0) is 26.1. The van der Waals surface area contributed by atoms with Crippen LogP contribution in [0.25, 0.3) is 0 Å². The molecule has 4 nitrogen and oxygen atoms in total. The molecule has 0 amide bonds. The molecule has 0 radical (unpaired) electrons. The van der Waals surface area contributed by atoms with Gasteiger partial charge in [-0.15, -0.1) is 0 Å². The summed E-state index contributed by atoms with van der Waals surface area (Å²) in [5.74, 6) is 1.37. The van der Waals surface area contributed by atoms with Gasteiger partial charge in [-0.25, -0.2) is 0 Å². The molecule has 0 spiro atoms. The number of nitrogens with zero attached hydrogens (tertiary/aromatic N) is 2. The monoisotopic (exact) mass is 614 g/mol. The predicted molar refractivity (Wildman–Crippen MR) is 164 cm³/mol. The normalized spacial score (nSPS) is 18.4. The van der Waals surface area contributed by atoms with Gasteiger partial charge < -0.3 is 14.7 Å². The van der Waals surface area contributed by atoms with Gasteiger partial charge in [0.05, 0.1) is 15.9 Å². The summed E-state index contributed by atoms with van der Waals surface area (Å²) in [7, 11) is 0. The Morgan fingerprint density at radius 2 is 1.47 bits per heavy atom. The van der Waals surface area contributed by atoms with Crippen LogP contribution in [0, 0.1) is 3.57 Å². The van der Waals surface area contributed by atoms with Crippen LogP contribution in [0.1, 0.15) is 59.4 Å². The number of phenols is 1. The smallest absolute Gasteiger partial charge is 0.171 e. The van der Waals surface area contributed by atoms with Crippen LogP contribution >= 0.6 is 22.6 Å². The molecule has 0 aliphatic carbocycles. The molecule has 2 atom stereocenters. The summed E-state index contributed by atoms with van der Waals surface area (Å²) in [6, 6.07) is 30.2. The average Bonchev–Trinajstić information content (AvgIpc) is 2.96. The molecule has 1 N–H and O–H groups in total. The van der Waals surface area contributed by atoms with Gasteiger partial charge in [-0.1, -0.05) is 60.7 Å². The third kappa shape index (κ3) is 4.80. The maximum absolute atomic E-state index is 10.4. The summed E-state index contributed by atoms with van der Waals surface area (Å²) in [6.07, 6.45) is 4.10. The summed E-state index contributed by atoms with van der Waals surface area (Å²) < 4.78 is 6.39. The van der Waals surface area contributed by atoms with Gasteiger partial charge in [0.2, 0.25) is 0 Å². The first-order chi connectivity index (χ1) is 18.6. The third-order valence-corrected chi connectivity index (χ3v) is 8.54. The fourth-order valence-electron chi connectivity index (χ4n) is 6.00. The Balaban J connectivity index is 1.47. The molecule has 5 heteroatoms. The van der Waals surface area contributed by atoms with Crippen molar-refractivity contribution in [2.45, 2.75) is 31.6 Å². The Kier molecular flexibility index (Phi) is 7.11. The molecular weight excluding hydrogens is 583 g/mol. The molecule has 4 aromatic carbocycles. The first kappa shape index (κ1) is 25.0. The largest absolute Gasteiger partial charge is 0.504 e. The summed E-state index contributed by atoms with van der Waals surface area (Å²) in [4.78, 5) is 7.58. The van der Waals surface area contributed by atoms with E-state index in [9.17, 15) is 5.11 Å². The SMILES string of the molecule is CCOc1cc(C=Nc2cc3c4c(c2)[C@@H](c2ccccc2)CCN4CC[C@@H]3c2ccccc2)cc(I)c1O. The first-order valence-electron chi connectivity index (χ1n) is 13.3. The number of rotatable bonds is 6. The van der Waals surface area contributed by atoms with Crippen molar-refractivity contribution in [2.24, 2.45) is 4.99 Å². The van der Waals surface area contributed by atoms with Gasteiger partial charge in [0, 0.05) is 36.8 Å². The number of aliphatic imine (C=N–C) groups is 1. The summed E-state index contributed by atoms with van der Waals surface area (Å²) in [5, 5.41) is 10.4. The number of hydrogen-bond donors (Lipinski definition) is 1. The average molecular weight is 615 g/mol. The fraction of sp³-hybridized carbons (Fsp3) is 0.242. The number of anilines is 1. The highest BCUT2D eigenvalue weighted by Crippen LogP contribution is 2.50. The number of phenolic OH excluding ortho intramolecular Hbond substituents is 1. The van der Waals surface area contributed by atoms with Crippen LogP contribution in [0.5, 0.6) is 11.5 Å². The molecule has 2 aliphatic rings. The van der Waals surface area contributed by atoms with Crippen molar-refractivity contribution >= 4 is 40.2 Å². The second kappa shape index (κ2) is 10.8. The summed E-state index contributed by atoms with van der Waals surface area (Å²) in [6.45, 7) is 4.57. The van der Waals surface area contributed by atoms with Crippen LogP contribution < -0.4 is 9.64 Å². The highest BCUT2D eigenvalue weighted by atomic mass is 127. The van der Waals surface area contributed by atoms with E-state index in [-0.39, 0.29) is 5.75 Å². The first-order valence-corrected chi connectivity index (χ1v) is 14.4. The molecule has 0 unspecified atom stereocenters. The molecule has 0 aromatic heterocycles. The lowest BCUT2D eigenvalue weighted by molar-refractivity contribution is 0.317. The molecule has 2 heterocycles. The van der Waals surface area contributed by atoms with E-state index in [0.29, 0.717) is 24.2 Å². The van der Waals surface area contributed by atoms with Crippen molar-refractivity contribution in [1.29, 1.82) is 0 Å². The lowest BCUT2D eigenvalue weighted by Gasteiger charge is -2.43. The molecule has 0 saturated heterocycles. The molecule has 0 saturated carbocycles. The van der Waals surface area contributed by atoms with E-state index in [1.54, 1.807) is 0 Å². The van der Waals surface area contributed by atoms with Crippen LogP contribution in [0.2, 0.25) is 0 Å². The molecular formula is C33H31IN2O2. The minimum atomic E-state index is 0.180. The predicted octanol–water partition coefficient (Wildman–Crippen LogP) is 8.02. The van der Waals surface area contributed by atoms with Crippen molar-refractivity contribution in [2.75, 3.05) is 24.6 Å². The van der Waals surface area contributed by atoms with Crippen LogP contribution in [-0.2, 0) is 0 Å². The van der Waals surface area contributed by atoms with Gasteiger partial charge >= 0.3 is 0 Å². The zero-order valence-electron chi connectivity index (χ0n) is 21.5. The standard InChI is InChI=1S/C33H31IN2O2/c1-2-38-31-18-22(17-30(34)33(31)37)21-35-25-19-28-26(23-9-5-3-6-10-23)13-15-36-16-14-27(29(20-25)32(28)36)24-11-7-4-8-12-24/h3-12,17-21,26-27,37H,2,13-16H2,1H3/t26-,27-/m1/s1. The van der Waals surface area contributed by atoms with Gasteiger partial charge in [0.1, 0.15) is 0 Å². The van der Waals surface area contributed by atoms with E-state index in [2.05, 4.69) is 100 Å². The summed E-state index contributed by atoms with van der Waals surface area (Å²) in [5.41, 5.74) is 8.76. The molecule has 0 bridgehead atoms. The quantitative estimate of drug-likeness (QED) is 0.177. The van der Waals surface area contributed by atoms with Gasteiger partial charge in [-0.05, 0) is 94.4 Å². The number of hydrogen-bond acceptors (Lipinski definition) is 4. The molecule has 192 valence electrons. The van der Waals surface area contributed by atoms with Gasteiger partial charge in [-0.2, -0.15) is 0 Å². The van der Waals surface area contributed by atoms with Crippen molar-refractivity contribution in [3.05, 3.63) is 116 Å². The highest BCUT2D eigenvalue weighted by molar-refractivity contribution is 14.1. The van der Waals surface area contributed by atoms with Crippen LogP contribution in [-0.4, -0.2) is 31.0 Å². The number of benzene rings is 4. The summed E-state index contributed by atoms with van der Waals surface area (Å²) >= 11 is 2.14. The third-order valence-electron chi connectivity index (χ3n) is 7.71. The molecule has 38 heavy (non-hydrogen) atoms. The Bertz CT molecular complexity index is 1400. The van der Waals surface area contributed by atoms with Crippen molar-refractivity contribution in [1.82, 2.24) is 0 Å². The van der Waals surface area contributed by atoms with Gasteiger partial charge in [0.15, 0.2) is 11.5 Å². The van der Waals surface area contributed by atoms with Crippen molar-refractivity contribution in [3.8, 4) is 11.5 Å². The van der Waals surface area contributed by atoms with Crippen LogP contribution in [0.3, 0.4) is 0 Å². The zero-order valence-corrected chi connectivity index (χ0v) is 23.6. The Labute approximate surface area is 238 Å². The lowest BCUT2D eigenvalue weighted by atomic mass is 9.76. The lowest BCUT2D eigenvalue weighted by Crippen LogP contribution is -2.37. The topological polar surface area (TPSA) is 45.1 Å². The molecule has 4 aromatic rings. The fourth-order valence-corrected chi connectivity index (χ4v) is 6.62. The van der Waals surface area contributed by atoms with Crippen molar-refractivity contribution in [3.63, 3.8) is 0 Å². The molecule has 6 rings (SSSR count). The van der Waals surface area contributed by atoms with Gasteiger partial charge in [-0.3, -0.25) is 4.99 Å². The number of aromatic hydroxyl groups is 1. The second-order valence-electron chi connectivity index (χ2n) is 10.0. The minimum Gasteiger partial charge on any atom is -0.504 e. The Morgan fingerprint density at radius 1 is 0.895 bits per heavy atom. The minimum absolute atomic E-state index is 0.180. The number of ether oxygens (including phenoxy) is 1. The van der Waals surface area contributed by atoms with E-state index < -0.39 is 0 Å². The van der Waals surface area contributed by atoms with Crippen LogP contribution in [0.15, 0.2) is 89.9 Å².